The van der Waals surface area contributed by atoms with Gasteiger partial charge in [0.1, 0.15) is 0 Å². The summed E-state index contributed by atoms with van der Waals surface area (Å²) in [4.78, 5) is 26.0. The second-order valence-electron chi connectivity index (χ2n) is 5.77. The second-order valence-corrected chi connectivity index (χ2v) is 9.20. The molecule has 0 aliphatic heterocycles. The van der Waals surface area contributed by atoms with Gasteiger partial charge in [0.2, 0.25) is 11.8 Å². The topological polar surface area (TPSA) is 75.2 Å². The quantitative estimate of drug-likeness (QED) is 0.616. The van der Waals surface area contributed by atoms with Crippen molar-refractivity contribution in [3.63, 3.8) is 0 Å². The van der Waals surface area contributed by atoms with E-state index in [-0.39, 0.29) is 17.6 Å². The smallest absolute Gasteiger partial charge is 0.234 e. The molecule has 2 amide bonds. The summed E-state index contributed by atoms with van der Waals surface area (Å²) >= 11 is 4.15. The molecular weight excluding hydrogens is 400 g/mol. The molecule has 27 heavy (non-hydrogen) atoms. The van der Waals surface area contributed by atoms with E-state index in [1.807, 2.05) is 45.9 Å². The Labute approximate surface area is 172 Å². The molecule has 6 nitrogen and oxygen atoms in total. The van der Waals surface area contributed by atoms with E-state index in [0.717, 1.165) is 25.5 Å². The number of amides is 2. The fraction of sp³-hybridized carbons (Fsp3) is 0.444. The molecule has 0 spiro atoms. The van der Waals surface area contributed by atoms with Gasteiger partial charge in [0.25, 0.3) is 0 Å². The number of anilines is 1. The summed E-state index contributed by atoms with van der Waals surface area (Å²) in [5.41, 5.74) is 3.05. The van der Waals surface area contributed by atoms with Gasteiger partial charge < -0.3 is 10.2 Å². The second kappa shape index (κ2) is 10.7. The monoisotopic (exact) mass is 424 g/mol. The average molecular weight is 425 g/mol. The highest BCUT2D eigenvalue weighted by Gasteiger charge is 2.13. The average Bonchev–Trinajstić information content (AvgIpc) is 3.11. The normalized spacial score (nSPS) is 10.7. The highest BCUT2D eigenvalue weighted by atomic mass is 32.2. The van der Waals surface area contributed by atoms with Crippen LogP contribution < -0.4 is 5.32 Å². The Morgan fingerprint density at radius 1 is 1.07 bits per heavy atom. The number of nitrogens with one attached hydrogen (secondary N) is 1. The lowest BCUT2D eigenvalue weighted by Gasteiger charge is -2.17. The van der Waals surface area contributed by atoms with Crippen molar-refractivity contribution >= 4 is 52.4 Å². The van der Waals surface area contributed by atoms with Crippen LogP contribution >= 0.6 is 34.9 Å². The SMILES string of the molecule is CCN(CC)C(=O)CSc1nnc(SCC(=O)Nc2cccc(C)c2C)s1. The summed E-state index contributed by atoms with van der Waals surface area (Å²) < 4.78 is 1.47. The van der Waals surface area contributed by atoms with Crippen molar-refractivity contribution < 1.29 is 9.59 Å². The Morgan fingerprint density at radius 3 is 2.33 bits per heavy atom. The van der Waals surface area contributed by atoms with Crippen molar-refractivity contribution in [1.82, 2.24) is 15.1 Å². The Balaban J connectivity index is 1.81. The van der Waals surface area contributed by atoms with Crippen LogP contribution in [0.3, 0.4) is 0 Å². The third kappa shape index (κ3) is 6.51. The number of benzene rings is 1. The minimum Gasteiger partial charge on any atom is -0.343 e. The number of thioether (sulfide) groups is 2. The van der Waals surface area contributed by atoms with Gasteiger partial charge >= 0.3 is 0 Å². The number of hydrogen-bond donors (Lipinski definition) is 1. The van der Waals surface area contributed by atoms with Crippen LogP contribution in [0, 0.1) is 13.8 Å². The first-order chi connectivity index (χ1) is 12.9. The van der Waals surface area contributed by atoms with E-state index in [1.165, 1.54) is 34.9 Å². The van der Waals surface area contributed by atoms with Gasteiger partial charge in [-0.25, -0.2) is 0 Å². The zero-order valence-electron chi connectivity index (χ0n) is 15.9. The third-order valence-electron chi connectivity index (χ3n) is 4.03. The molecule has 2 aromatic rings. The van der Waals surface area contributed by atoms with Gasteiger partial charge in [-0.2, -0.15) is 0 Å². The lowest BCUT2D eigenvalue weighted by atomic mass is 10.1. The molecule has 1 N–H and O–H groups in total. The van der Waals surface area contributed by atoms with Gasteiger partial charge in [0.05, 0.1) is 11.5 Å². The first-order valence-corrected chi connectivity index (χ1v) is 11.5. The number of hydrogen-bond acceptors (Lipinski definition) is 7. The van der Waals surface area contributed by atoms with Crippen LogP contribution in [0.2, 0.25) is 0 Å². The number of carbonyl (C=O) groups is 2. The summed E-state index contributed by atoms with van der Waals surface area (Å²) in [7, 11) is 0. The highest BCUT2D eigenvalue weighted by Crippen LogP contribution is 2.29. The molecule has 1 aromatic heterocycles. The van der Waals surface area contributed by atoms with Crippen molar-refractivity contribution in [2.45, 2.75) is 36.4 Å². The van der Waals surface area contributed by atoms with E-state index in [1.54, 1.807) is 4.90 Å². The van der Waals surface area contributed by atoms with Gasteiger partial charge in [0.15, 0.2) is 8.68 Å². The zero-order chi connectivity index (χ0) is 19.8. The third-order valence-corrected chi connectivity index (χ3v) is 7.20. The predicted molar refractivity (Wildman–Crippen MR) is 114 cm³/mol. The van der Waals surface area contributed by atoms with Crippen molar-refractivity contribution in [2.24, 2.45) is 0 Å². The summed E-state index contributed by atoms with van der Waals surface area (Å²) in [6, 6.07) is 5.85. The molecule has 0 saturated carbocycles. The Morgan fingerprint density at radius 2 is 1.70 bits per heavy atom. The number of rotatable bonds is 9. The van der Waals surface area contributed by atoms with Crippen molar-refractivity contribution in [3.05, 3.63) is 29.3 Å². The number of carbonyl (C=O) groups excluding carboxylic acids is 2. The van der Waals surface area contributed by atoms with Gasteiger partial charge in [-0.3, -0.25) is 9.59 Å². The molecule has 2 rings (SSSR count). The zero-order valence-corrected chi connectivity index (χ0v) is 18.4. The molecule has 0 saturated heterocycles. The van der Waals surface area contributed by atoms with Crippen LogP contribution in [0.4, 0.5) is 5.69 Å². The van der Waals surface area contributed by atoms with Crippen molar-refractivity contribution in [1.29, 1.82) is 0 Å². The van der Waals surface area contributed by atoms with Gasteiger partial charge in [-0.05, 0) is 44.9 Å². The molecule has 0 radical (unpaired) electrons. The van der Waals surface area contributed by atoms with Crippen LogP contribution in [0.1, 0.15) is 25.0 Å². The van der Waals surface area contributed by atoms with E-state index >= 15 is 0 Å². The minimum absolute atomic E-state index is 0.0742. The summed E-state index contributed by atoms with van der Waals surface area (Å²) in [6.45, 7) is 9.37. The molecule has 0 bridgehead atoms. The van der Waals surface area contributed by atoms with Crippen molar-refractivity contribution in [3.8, 4) is 0 Å². The molecule has 0 atom stereocenters. The maximum Gasteiger partial charge on any atom is 0.234 e. The Kier molecular flexibility index (Phi) is 8.59. The largest absolute Gasteiger partial charge is 0.343 e. The lowest BCUT2D eigenvalue weighted by Crippen LogP contribution is -2.31. The summed E-state index contributed by atoms with van der Waals surface area (Å²) in [6.07, 6.45) is 0. The molecule has 0 aliphatic carbocycles. The van der Waals surface area contributed by atoms with E-state index in [9.17, 15) is 9.59 Å². The van der Waals surface area contributed by atoms with Crippen LogP contribution in [0.25, 0.3) is 0 Å². The van der Waals surface area contributed by atoms with E-state index in [4.69, 9.17) is 0 Å². The molecular formula is C18H24N4O2S3. The van der Waals surface area contributed by atoms with E-state index in [0.29, 0.717) is 18.8 Å². The fourth-order valence-corrected chi connectivity index (χ4v) is 5.03. The Bertz CT molecular complexity index is 791. The van der Waals surface area contributed by atoms with Crippen LogP contribution in [-0.2, 0) is 9.59 Å². The Hall–Kier alpha value is -1.58. The van der Waals surface area contributed by atoms with Gasteiger partial charge in [-0.15, -0.1) is 10.2 Å². The predicted octanol–water partition coefficient (Wildman–Crippen LogP) is 3.85. The van der Waals surface area contributed by atoms with Crippen molar-refractivity contribution in [2.75, 3.05) is 29.9 Å². The molecule has 146 valence electrons. The summed E-state index contributed by atoms with van der Waals surface area (Å²) in [5, 5.41) is 11.1. The highest BCUT2D eigenvalue weighted by molar-refractivity contribution is 8.03. The number of nitrogens with zero attached hydrogens (tertiary/aromatic N) is 3. The molecule has 9 heteroatoms. The number of aryl methyl sites for hydroxylation is 1. The molecule has 0 unspecified atom stereocenters. The number of aromatic nitrogens is 2. The first-order valence-electron chi connectivity index (χ1n) is 8.67. The van der Waals surface area contributed by atoms with E-state index in [2.05, 4.69) is 15.5 Å². The maximum absolute atomic E-state index is 12.2. The lowest BCUT2D eigenvalue weighted by molar-refractivity contribution is -0.128. The molecule has 0 aliphatic rings. The minimum atomic E-state index is -0.0742. The molecule has 1 heterocycles. The fourth-order valence-electron chi connectivity index (χ4n) is 2.30. The molecule has 0 fully saturated rings. The van der Waals surface area contributed by atoms with Crippen LogP contribution in [0.5, 0.6) is 0 Å². The summed E-state index contributed by atoms with van der Waals surface area (Å²) in [5.74, 6) is 0.649. The van der Waals surface area contributed by atoms with Gasteiger partial charge in [0, 0.05) is 18.8 Å². The van der Waals surface area contributed by atoms with Gasteiger partial charge in [-0.1, -0.05) is 47.0 Å². The molecule has 1 aromatic carbocycles. The first kappa shape index (κ1) is 21.7. The van der Waals surface area contributed by atoms with Crippen LogP contribution in [-0.4, -0.2) is 51.5 Å². The maximum atomic E-state index is 12.2. The van der Waals surface area contributed by atoms with Crippen LogP contribution in [0.15, 0.2) is 26.9 Å². The standard InChI is InChI=1S/C18H24N4O2S3/c1-5-22(6-2)16(24)11-26-18-21-20-17(27-18)25-10-15(23)19-14-9-7-8-12(3)13(14)4/h7-9H,5-6,10-11H2,1-4H3,(H,19,23). The van der Waals surface area contributed by atoms with E-state index < -0.39 is 0 Å².